The second-order valence-corrected chi connectivity index (χ2v) is 7.04. The number of halogens is 4. The Balaban J connectivity index is 1.92. The van der Waals surface area contributed by atoms with Crippen LogP contribution in [0.15, 0.2) is 24.8 Å². The number of ether oxygens (including phenoxy) is 2. The SMILES string of the molecule is COc1nc2c(-n3ccnc3)c(-c3n[nH]c([C@H](OCCO)C(F)(F)F)n3)n(C)c2cc1Cl. The smallest absolute Gasteiger partial charge is 0.421 e. The van der Waals surface area contributed by atoms with Crippen LogP contribution in [0, 0.1) is 0 Å². The van der Waals surface area contributed by atoms with E-state index in [9.17, 15) is 13.2 Å². The molecule has 0 unspecified atom stereocenters. The minimum atomic E-state index is -4.76. The highest BCUT2D eigenvalue weighted by Gasteiger charge is 2.44. The molecule has 4 aromatic heterocycles. The normalized spacial score (nSPS) is 13.1. The Hall–Kier alpha value is -3.16. The Morgan fingerprint density at radius 2 is 2.09 bits per heavy atom. The molecule has 0 aliphatic heterocycles. The van der Waals surface area contributed by atoms with Gasteiger partial charge in [0.1, 0.15) is 21.9 Å². The van der Waals surface area contributed by atoms with Crippen molar-refractivity contribution in [2.24, 2.45) is 7.05 Å². The number of hydrogen-bond acceptors (Lipinski definition) is 7. The van der Waals surface area contributed by atoms with Gasteiger partial charge in [0.2, 0.25) is 12.0 Å². The maximum Gasteiger partial charge on any atom is 0.421 e. The Kier molecular flexibility index (Phi) is 5.79. The fraction of sp³-hybridized carbons (Fsp3) is 0.333. The molecule has 0 aliphatic carbocycles. The summed E-state index contributed by atoms with van der Waals surface area (Å²) < 4.78 is 53.7. The number of aliphatic hydroxyl groups is 1. The summed E-state index contributed by atoms with van der Waals surface area (Å²) in [4.78, 5) is 12.5. The predicted molar refractivity (Wildman–Crippen MR) is 107 cm³/mol. The van der Waals surface area contributed by atoms with Crippen molar-refractivity contribution in [1.82, 2.24) is 34.3 Å². The van der Waals surface area contributed by atoms with E-state index in [0.29, 0.717) is 22.4 Å². The largest absolute Gasteiger partial charge is 0.480 e. The van der Waals surface area contributed by atoms with E-state index < -0.39 is 31.3 Å². The van der Waals surface area contributed by atoms with Gasteiger partial charge < -0.3 is 23.7 Å². The maximum absolute atomic E-state index is 13.5. The van der Waals surface area contributed by atoms with E-state index in [0.717, 1.165) is 0 Å². The van der Waals surface area contributed by atoms with Crippen LogP contribution >= 0.6 is 11.6 Å². The molecule has 4 rings (SSSR count). The minimum Gasteiger partial charge on any atom is -0.480 e. The fourth-order valence-corrected chi connectivity index (χ4v) is 3.54. The molecule has 0 spiro atoms. The third-order valence-corrected chi connectivity index (χ3v) is 4.93. The number of fused-ring (bicyclic) bond motifs is 1. The van der Waals surface area contributed by atoms with Crippen LogP contribution in [0.4, 0.5) is 13.2 Å². The van der Waals surface area contributed by atoms with Crippen molar-refractivity contribution in [2.45, 2.75) is 12.3 Å². The van der Waals surface area contributed by atoms with Crippen LogP contribution in [-0.2, 0) is 11.8 Å². The van der Waals surface area contributed by atoms with Gasteiger partial charge in [0.05, 0.1) is 32.2 Å². The van der Waals surface area contributed by atoms with E-state index in [4.69, 9.17) is 26.2 Å². The van der Waals surface area contributed by atoms with Crippen LogP contribution < -0.4 is 4.74 Å². The molecule has 32 heavy (non-hydrogen) atoms. The van der Waals surface area contributed by atoms with Crippen molar-refractivity contribution in [3.05, 3.63) is 35.6 Å². The van der Waals surface area contributed by atoms with Gasteiger partial charge in [-0.05, 0) is 6.07 Å². The Bertz CT molecular complexity index is 1240. The molecule has 0 aliphatic rings. The number of alkyl halides is 3. The Morgan fingerprint density at radius 1 is 1.31 bits per heavy atom. The molecule has 4 heterocycles. The van der Waals surface area contributed by atoms with Gasteiger partial charge >= 0.3 is 6.18 Å². The zero-order valence-electron chi connectivity index (χ0n) is 16.8. The van der Waals surface area contributed by atoms with Crippen LogP contribution in [0.2, 0.25) is 5.02 Å². The minimum absolute atomic E-state index is 0.0267. The number of nitrogens with zero attached hydrogens (tertiary/aromatic N) is 6. The molecule has 0 saturated carbocycles. The monoisotopic (exact) mass is 471 g/mol. The lowest BCUT2D eigenvalue weighted by atomic mass is 10.3. The number of aryl methyl sites for hydroxylation is 1. The van der Waals surface area contributed by atoms with Crippen LogP contribution in [0.5, 0.6) is 5.88 Å². The van der Waals surface area contributed by atoms with E-state index in [-0.39, 0.29) is 16.7 Å². The Morgan fingerprint density at radius 3 is 2.72 bits per heavy atom. The van der Waals surface area contributed by atoms with E-state index in [1.807, 2.05) is 0 Å². The number of aliphatic hydroxyl groups excluding tert-OH is 1. The summed E-state index contributed by atoms with van der Waals surface area (Å²) in [6.07, 6.45) is -2.44. The summed E-state index contributed by atoms with van der Waals surface area (Å²) in [6.45, 7) is -1.09. The van der Waals surface area contributed by atoms with E-state index in [1.54, 1.807) is 34.6 Å². The summed E-state index contributed by atoms with van der Waals surface area (Å²) in [5.74, 6) is -0.393. The van der Waals surface area contributed by atoms with Gasteiger partial charge in [-0.3, -0.25) is 5.10 Å². The molecule has 0 bridgehead atoms. The molecule has 2 N–H and O–H groups in total. The quantitative estimate of drug-likeness (QED) is 0.426. The first-order chi connectivity index (χ1) is 15.3. The number of hydrogen-bond donors (Lipinski definition) is 2. The van der Waals surface area contributed by atoms with Gasteiger partial charge in [-0.1, -0.05) is 11.6 Å². The topological polar surface area (TPSA) is 116 Å². The summed E-state index contributed by atoms with van der Waals surface area (Å²) in [7, 11) is 3.11. The second-order valence-electron chi connectivity index (χ2n) is 6.63. The lowest BCUT2D eigenvalue weighted by Gasteiger charge is -2.17. The molecule has 170 valence electrons. The molecule has 0 amide bonds. The molecule has 0 saturated heterocycles. The van der Waals surface area contributed by atoms with Crippen LogP contribution in [0.25, 0.3) is 28.2 Å². The molecule has 0 aromatic carbocycles. The van der Waals surface area contributed by atoms with Crippen LogP contribution in [0.3, 0.4) is 0 Å². The molecule has 4 aromatic rings. The van der Waals surface area contributed by atoms with E-state index >= 15 is 0 Å². The highest BCUT2D eigenvalue weighted by Crippen LogP contribution is 2.39. The van der Waals surface area contributed by atoms with Gasteiger partial charge in [0.25, 0.3) is 0 Å². The van der Waals surface area contributed by atoms with Gasteiger partial charge in [0.15, 0.2) is 11.6 Å². The lowest BCUT2D eigenvalue weighted by Crippen LogP contribution is -2.26. The third kappa shape index (κ3) is 3.78. The molecule has 0 radical (unpaired) electrons. The number of methoxy groups -OCH3 is 1. The van der Waals surface area contributed by atoms with Crippen molar-refractivity contribution in [2.75, 3.05) is 20.3 Å². The summed E-state index contributed by atoms with van der Waals surface area (Å²) in [6, 6.07) is 1.63. The van der Waals surface area contributed by atoms with E-state index in [1.165, 1.54) is 13.4 Å². The molecular formula is C18H17ClF3N7O3. The van der Waals surface area contributed by atoms with Crippen molar-refractivity contribution < 1.29 is 27.8 Å². The highest BCUT2D eigenvalue weighted by molar-refractivity contribution is 6.32. The number of imidazole rings is 1. The Labute approximate surface area is 183 Å². The third-order valence-electron chi connectivity index (χ3n) is 4.66. The van der Waals surface area contributed by atoms with Gasteiger partial charge in [0, 0.05) is 19.4 Å². The first-order valence-corrected chi connectivity index (χ1v) is 9.57. The van der Waals surface area contributed by atoms with Crippen LogP contribution in [-0.4, -0.2) is 65.9 Å². The molecule has 10 nitrogen and oxygen atoms in total. The first kappa shape index (κ1) is 22.0. The van der Waals surface area contributed by atoms with Gasteiger partial charge in [-0.2, -0.15) is 18.3 Å². The van der Waals surface area contributed by atoms with Crippen LogP contribution in [0.1, 0.15) is 11.9 Å². The highest BCUT2D eigenvalue weighted by atomic mass is 35.5. The fourth-order valence-electron chi connectivity index (χ4n) is 3.32. The first-order valence-electron chi connectivity index (χ1n) is 9.19. The molecular weight excluding hydrogens is 455 g/mol. The molecule has 0 fully saturated rings. The predicted octanol–water partition coefficient (Wildman–Crippen LogP) is 2.82. The van der Waals surface area contributed by atoms with Crippen molar-refractivity contribution in [3.63, 3.8) is 0 Å². The number of rotatable bonds is 7. The lowest BCUT2D eigenvalue weighted by molar-refractivity contribution is -0.227. The number of aromatic amines is 1. The summed E-state index contributed by atoms with van der Waals surface area (Å²) in [5, 5.41) is 15.4. The summed E-state index contributed by atoms with van der Waals surface area (Å²) >= 11 is 6.23. The number of H-pyrrole nitrogens is 1. The maximum atomic E-state index is 13.5. The van der Waals surface area contributed by atoms with E-state index in [2.05, 4.69) is 25.1 Å². The number of nitrogens with one attached hydrogen (secondary N) is 1. The second kappa shape index (κ2) is 8.41. The molecule has 1 atom stereocenters. The number of pyridine rings is 1. The zero-order valence-corrected chi connectivity index (χ0v) is 17.5. The van der Waals surface area contributed by atoms with Gasteiger partial charge in [-0.15, -0.1) is 0 Å². The molecule has 14 heteroatoms. The average Bonchev–Trinajstić information content (AvgIpc) is 3.47. The van der Waals surface area contributed by atoms with Crippen molar-refractivity contribution >= 4 is 22.6 Å². The zero-order chi connectivity index (χ0) is 23.0. The average molecular weight is 472 g/mol. The van der Waals surface area contributed by atoms with Gasteiger partial charge in [-0.25, -0.2) is 15.0 Å². The standard InChI is InChI=1S/C18H17ClF3N7O3/c1-28-10-7-9(19)17(31-2)24-11(10)12(29-4-3-23-8-29)13(28)15-25-16(27-26-15)14(18(20,21)22)32-6-5-30/h3-4,7-8,14,30H,5-6H2,1-2H3,(H,25,26,27)/t14-/m0/s1. The number of aromatic nitrogens is 7. The van der Waals surface area contributed by atoms with Crippen molar-refractivity contribution in [1.29, 1.82) is 0 Å². The summed E-state index contributed by atoms with van der Waals surface area (Å²) in [5.41, 5.74) is 1.86. The van der Waals surface area contributed by atoms with Crippen molar-refractivity contribution in [3.8, 4) is 23.1 Å².